The molecule has 0 aliphatic heterocycles. The zero-order valence-corrected chi connectivity index (χ0v) is 12.4. The SMILES string of the molecule is O=C(Cc1ccc(Cl)cc1F)Nc1cccc2ccccc12. The van der Waals surface area contributed by atoms with Gasteiger partial charge in [-0.15, -0.1) is 0 Å². The second-order valence-corrected chi connectivity index (χ2v) is 5.42. The van der Waals surface area contributed by atoms with Gasteiger partial charge in [-0.3, -0.25) is 4.79 Å². The molecule has 1 amide bonds. The molecule has 3 aromatic carbocycles. The molecule has 0 unspecified atom stereocenters. The first-order valence-corrected chi connectivity index (χ1v) is 7.23. The van der Waals surface area contributed by atoms with Crippen LogP contribution in [0.5, 0.6) is 0 Å². The van der Waals surface area contributed by atoms with Gasteiger partial charge in [-0.1, -0.05) is 54.1 Å². The zero-order chi connectivity index (χ0) is 15.5. The summed E-state index contributed by atoms with van der Waals surface area (Å²) in [6.45, 7) is 0. The van der Waals surface area contributed by atoms with Crippen molar-refractivity contribution in [1.29, 1.82) is 0 Å². The quantitative estimate of drug-likeness (QED) is 0.738. The Hall–Kier alpha value is -2.39. The van der Waals surface area contributed by atoms with E-state index in [1.807, 2.05) is 42.5 Å². The first kappa shape index (κ1) is 14.5. The predicted octanol–water partition coefficient (Wildman–Crippen LogP) is 4.81. The van der Waals surface area contributed by atoms with E-state index in [1.165, 1.54) is 12.1 Å². The van der Waals surface area contributed by atoms with Crippen LogP contribution in [0.2, 0.25) is 5.02 Å². The lowest BCUT2D eigenvalue weighted by atomic mass is 10.1. The fraction of sp³-hybridized carbons (Fsp3) is 0.0556. The van der Waals surface area contributed by atoms with Crippen LogP contribution in [0.25, 0.3) is 10.8 Å². The Bertz CT molecular complexity index is 842. The summed E-state index contributed by atoms with van der Waals surface area (Å²) in [4.78, 5) is 12.2. The van der Waals surface area contributed by atoms with Gasteiger partial charge in [-0.25, -0.2) is 4.39 Å². The average molecular weight is 314 g/mol. The van der Waals surface area contributed by atoms with Gasteiger partial charge in [0, 0.05) is 16.1 Å². The first-order chi connectivity index (χ1) is 10.6. The maximum Gasteiger partial charge on any atom is 0.228 e. The van der Waals surface area contributed by atoms with Crippen molar-refractivity contribution in [3.63, 3.8) is 0 Å². The number of amides is 1. The molecule has 0 radical (unpaired) electrons. The standard InChI is InChI=1S/C18H13ClFNO/c19-14-9-8-13(16(20)11-14)10-18(22)21-17-7-3-5-12-4-1-2-6-15(12)17/h1-9,11H,10H2,(H,21,22). The topological polar surface area (TPSA) is 29.1 Å². The van der Waals surface area contributed by atoms with Crippen molar-refractivity contribution in [3.8, 4) is 0 Å². The van der Waals surface area contributed by atoms with Gasteiger partial charge >= 0.3 is 0 Å². The normalized spacial score (nSPS) is 10.6. The van der Waals surface area contributed by atoms with Gasteiger partial charge < -0.3 is 5.32 Å². The van der Waals surface area contributed by atoms with Crippen molar-refractivity contribution in [1.82, 2.24) is 0 Å². The minimum absolute atomic E-state index is 0.0355. The number of hydrogen-bond donors (Lipinski definition) is 1. The molecule has 0 atom stereocenters. The third-order valence-electron chi connectivity index (χ3n) is 3.43. The number of carbonyl (C=O) groups excluding carboxylic acids is 1. The molecule has 0 heterocycles. The van der Waals surface area contributed by atoms with E-state index in [1.54, 1.807) is 6.07 Å². The molecule has 3 rings (SSSR count). The zero-order valence-electron chi connectivity index (χ0n) is 11.6. The van der Waals surface area contributed by atoms with Gasteiger partial charge in [0.05, 0.1) is 6.42 Å². The number of benzene rings is 3. The third kappa shape index (κ3) is 3.10. The lowest BCUT2D eigenvalue weighted by molar-refractivity contribution is -0.115. The van der Waals surface area contributed by atoms with Crippen LogP contribution in [-0.2, 0) is 11.2 Å². The van der Waals surface area contributed by atoms with Gasteiger partial charge in [0.1, 0.15) is 5.82 Å². The largest absolute Gasteiger partial charge is 0.325 e. The molecule has 4 heteroatoms. The second kappa shape index (κ2) is 6.16. The molecule has 110 valence electrons. The van der Waals surface area contributed by atoms with Gasteiger partial charge in [0.15, 0.2) is 0 Å². The van der Waals surface area contributed by atoms with Crippen LogP contribution in [0.3, 0.4) is 0 Å². The highest BCUT2D eigenvalue weighted by atomic mass is 35.5. The van der Waals surface area contributed by atoms with E-state index in [2.05, 4.69) is 5.32 Å². The lowest BCUT2D eigenvalue weighted by Gasteiger charge is -2.09. The van der Waals surface area contributed by atoms with Gasteiger partial charge in [-0.05, 0) is 29.1 Å². The summed E-state index contributed by atoms with van der Waals surface area (Å²) in [5.41, 5.74) is 1.04. The van der Waals surface area contributed by atoms with Crippen LogP contribution >= 0.6 is 11.6 Å². The highest BCUT2D eigenvalue weighted by molar-refractivity contribution is 6.30. The monoisotopic (exact) mass is 313 g/mol. The van der Waals surface area contributed by atoms with Crippen molar-refractivity contribution >= 4 is 34.0 Å². The Balaban J connectivity index is 1.81. The number of fused-ring (bicyclic) bond motifs is 1. The Morgan fingerprint density at radius 1 is 1.05 bits per heavy atom. The molecule has 0 saturated carbocycles. The number of hydrogen-bond acceptors (Lipinski definition) is 1. The van der Waals surface area contributed by atoms with Crippen LogP contribution in [0.4, 0.5) is 10.1 Å². The number of anilines is 1. The summed E-state index contributed by atoms with van der Waals surface area (Å²) in [5, 5.41) is 5.15. The molecule has 3 aromatic rings. The second-order valence-electron chi connectivity index (χ2n) is 4.99. The molecule has 0 aromatic heterocycles. The van der Waals surface area contributed by atoms with Crippen molar-refractivity contribution in [2.24, 2.45) is 0 Å². The molecule has 22 heavy (non-hydrogen) atoms. The summed E-state index contributed by atoms with van der Waals surface area (Å²) in [6.07, 6.45) is -0.0355. The van der Waals surface area contributed by atoms with Gasteiger partial charge in [0.25, 0.3) is 0 Å². The molecule has 2 nitrogen and oxygen atoms in total. The van der Waals surface area contributed by atoms with Crippen LogP contribution in [0, 0.1) is 5.82 Å². The molecule has 0 aliphatic carbocycles. The van der Waals surface area contributed by atoms with E-state index in [0.717, 1.165) is 16.5 Å². The molecular formula is C18H13ClFNO. The molecule has 1 N–H and O–H groups in total. The Morgan fingerprint density at radius 3 is 2.64 bits per heavy atom. The van der Waals surface area contributed by atoms with Gasteiger partial charge in [-0.2, -0.15) is 0 Å². The number of rotatable bonds is 3. The van der Waals surface area contributed by atoms with Crippen molar-refractivity contribution in [2.45, 2.75) is 6.42 Å². The third-order valence-corrected chi connectivity index (χ3v) is 3.66. The average Bonchev–Trinajstić information content (AvgIpc) is 2.50. The van der Waals surface area contributed by atoms with Crippen LogP contribution < -0.4 is 5.32 Å². The van der Waals surface area contributed by atoms with Crippen LogP contribution in [0.1, 0.15) is 5.56 Å². The molecular weight excluding hydrogens is 301 g/mol. The fourth-order valence-corrected chi connectivity index (χ4v) is 2.53. The van der Waals surface area contributed by atoms with Crippen molar-refractivity contribution < 1.29 is 9.18 Å². The summed E-state index contributed by atoms with van der Waals surface area (Å²) >= 11 is 5.71. The lowest BCUT2D eigenvalue weighted by Crippen LogP contribution is -2.15. The summed E-state index contributed by atoms with van der Waals surface area (Å²) in [7, 11) is 0. The van der Waals surface area contributed by atoms with Crippen LogP contribution in [-0.4, -0.2) is 5.91 Å². The smallest absolute Gasteiger partial charge is 0.228 e. The Morgan fingerprint density at radius 2 is 1.82 bits per heavy atom. The summed E-state index contributed by atoms with van der Waals surface area (Å²) < 4.78 is 13.7. The predicted molar refractivity (Wildman–Crippen MR) is 87.7 cm³/mol. The Kier molecular flexibility index (Phi) is 4.07. The van der Waals surface area contributed by atoms with E-state index in [-0.39, 0.29) is 12.3 Å². The summed E-state index contributed by atoms with van der Waals surface area (Å²) in [6, 6.07) is 17.8. The van der Waals surface area contributed by atoms with Gasteiger partial charge in [0.2, 0.25) is 5.91 Å². The van der Waals surface area contributed by atoms with E-state index < -0.39 is 5.82 Å². The minimum atomic E-state index is -0.472. The number of halogens is 2. The fourth-order valence-electron chi connectivity index (χ4n) is 2.37. The molecule has 0 spiro atoms. The molecule has 0 bridgehead atoms. The van der Waals surface area contributed by atoms with E-state index in [9.17, 15) is 9.18 Å². The van der Waals surface area contributed by atoms with E-state index in [0.29, 0.717) is 10.6 Å². The summed E-state index contributed by atoms with van der Waals surface area (Å²) in [5.74, 6) is -0.738. The molecule has 0 saturated heterocycles. The van der Waals surface area contributed by atoms with Crippen LogP contribution in [0.15, 0.2) is 60.7 Å². The van der Waals surface area contributed by atoms with Crippen molar-refractivity contribution in [2.75, 3.05) is 5.32 Å². The Labute approximate surface area is 132 Å². The van der Waals surface area contributed by atoms with E-state index in [4.69, 9.17) is 11.6 Å². The minimum Gasteiger partial charge on any atom is -0.325 e. The number of carbonyl (C=O) groups is 1. The van der Waals surface area contributed by atoms with E-state index >= 15 is 0 Å². The highest BCUT2D eigenvalue weighted by Crippen LogP contribution is 2.23. The highest BCUT2D eigenvalue weighted by Gasteiger charge is 2.10. The number of nitrogens with one attached hydrogen (secondary N) is 1. The maximum atomic E-state index is 13.7. The molecule has 0 fully saturated rings. The maximum absolute atomic E-state index is 13.7. The molecule has 0 aliphatic rings. The van der Waals surface area contributed by atoms with Crippen molar-refractivity contribution in [3.05, 3.63) is 77.1 Å². The first-order valence-electron chi connectivity index (χ1n) is 6.85.